The van der Waals surface area contributed by atoms with Crippen molar-refractivity contribution in [3.8, 4) is 5.75 Å². The van der Waals surface area contributed by atoms with E-state index in [4.69, 9.17) is 0 Å². The number of aromatic hydroxyl groups is 1. The summed E-state index contributed by atoms with van der Waals surface area (Å²) in [5.74, 6) is 1.03. The van der Waals surface area contributed by atoms with E-state index in [2.05, 4.69) is 44.7 Å². The van der Waals surface area contributed by atoms with Crippen LogP contribution in [0.25, 0.3) is 0 Å². The first-order valence-electron chi connectivity index (χ1n) is 8.61. The molecule has 1 aromatic rings. The van der Waals surface area contributed by atoms with Gasteiger partial charge in [-0.1, -0.05) is 31.6 Å². The number of rotatable bonds is 2. The van der Waals surface area contributed by atoms with E-state index in [9.17, 15) is 5.11 Å². The molecule has 1 heterocycles. The largest absolute Gasteiger partial charge is 0.508 e. The van der Waals surface area contributed by atoms with Crippen LogP contribution in [0.2, 0.25) is 0 Å². The van der Waals surface area contributed by atoms with E-state index >= 15 is 0 Å². The van der Waals surface area contributed by atoms with Crippen molar-refractivity contribution in [2.75, 3.05) is 13.1 Å². The van der Waals surface area contributed by atoms with Crippen molar-refractivity contribution in [3.05, 3.63) is 41.0 Å². The molecule has 0 aromatic heterocycles. The molecule has 2 bridgehead atoms. The highest BCUT2D eigenvalue weighted by atomic mass is 35.5. The predicted octanol–water partition coefficient (Wildman–Crippen LogP) is 4.69. The maximum Gasteiger partial charge on any atom is 0.115 e. The summed E-state index contributed by atoms with van der Waals surface area (Å²) in [6, 6.07) is 6.63. The molecule has 1 N–H and O–H groups in total. The van der Waals surface area contributed by atoms with Crippen LogP contribution in [-0.4, -0.2) is 29.1 Å². The summed E-state index contributed by atoms with van der Waals surface area (Å²) >= 11 is 0. The fourth-order valence-electron chi connectivity index (χ4n) is 4.50. The van der Waals surface area contributed by atoms with Gasteiger partial charge < -0.3 is 5.11 Å². The zero-order valence-electron chi connectivity index (χ0n) is 14.8. The molecule has 1 saturated heterocycles. The lowest BCUT2D eigenvalue weighted by molar-refractivity contribution is 0.130. The Labute approximate surface area is 147 Å². The van der Waals surface area contributed by atoms with Crippen LogP contribution in [0.15, 0.2) is 29.8 Å². The molecule has 1 fully saturated rings. The van der Waals surface area contributed by atoms with Gasteiger partial charge >= 0.3 is 0 Å². The van der Waals surface area contributed by atoms with Crippen molar-refractivity contribution in [1.29, 1.82) is 0 Å². The third-order valence-corrected chi connectivity index (χ3v) is 6.06. The second-order valence-electron chi connectivity index (χ2n) is 7.70. The fourth-order valence-corrected chi connectivity index (χ4v) is 4.50. The SMILES string of the molecule is CC(C)=CCN1CCC[C@]2(C)c3cc(O)ccc3C[C@H]1[C@H]2C.Cl. The topological polar surface area (TPSA) is 23.5 Å². The molecule has 0 spiro atoms. The van der Waals surface area contributed by atoms with E-state index in [0.29, 0.717) is 17.7 Å². The lowest BCUT2D eigenvalue weighted by atomic mass is 9.61. The fraction of sp³-hybridized carbons (Fsp3) is 0.600. The van der Waals surface area contributed by atoms with E-state index in [1.807, 2.05) is 12.1 Å². The molecule has 2 nitrogen and oxygen atoms in total. The summed E-state index contributed by atoms with van der Waals surface area (Å²) in [7, 11) is 0. The van der Waals surface area contributed by atoms with Gasteiger partial charge in [0.2, 0.25) is 0 Å². The van der Waals surface area contributed by atoms with Crippen molar-refractivity contribution < 1.29 is 5.11 Å². The summed E-state index contributed by atoms with van der Waals surface area (Å²) in [4.78, 5) is 2.68. The molecule has 3 atom stereocenters. The average molecular weight is 336 g/mol. The Morgan fingerprint density at radius 3 is 2.83 bits per heavy atom. The number of phenolic OH excluding ortho intramolecular Hbond substituents is 1. The second-order valence-corrected chi connectivity index (χ2v) is 7.70. The molecular weight excluding hydrogens is 306 g/mol. The van der Waals surface area contributed by atoms with Gasteiger partial charge in [0.15, 0.2) is 0 Å². The third kappa shape index (κ3) is 3.29. The molecule has 1 aliphatic carbocycles. The first kappa shape index (κ1) is 18.4. The molecule has 23 heavy (non-hydrogen) atoms. The maximum absolute atomic E-state index is 9.94. The minimum atomic E-state index is 0. The Morgan fingerprint density at radius 2 is 2.13 bits per heavy atom. The first-order chi connectivity index (χ1) is 10.4. The van der Waals surface area contributed by atoms with E-state index in [1.54, 1.807) is 0 Å². The minimum absolute atomic E-state index is 0. The van der Waals surface area contributed by atoms with Crippen LogP contribution in [0.3, 0.4) is 0 Å². The van der Waals surface area contributed by atoms with Gasteiger partial charge in [-0.2, -0.15) is 0 Å². The zero-order valence-corrected chi connectivity index (χ0v) is 15.6. The summed E-state index contributed by atoms with van der Waals surface area (Å²) in [5.41, 5.74) is 4.42. The van der Waals surface area contributed by atoms with Crippen LogP contribution in [0.5, 0.6) is 5.75 Å². The number of fused-ring (bicyclic) bond motifs is 4. The van der Waals surface area contributed by atoms with Gasteiger partial charge in [-0.25, -0.2) is 0 Å². The monoisotopic (exact) mass is 335 g/mol. The number of allylic oxidation sites excluding steroid dienone is 1. The highest BCUT2D eigenvalue weighted by Gasteiger charge is 2.46. The normalized spacial score (nSPS) is 29.9. The molecule has 1 aliphatic heterocycles. The molecule has 2 aliphatic rings. The standard InChI is InChI=1S/C20H29NO.ClH/c1-14(2)8-11-21-10-5-9-20(4)15(3)19(21)12-16-6-7-17(22)13-18(16)20;/h6-8,13,15,19,22H,5,9-12H2,1-4H3;1H/t15-,19+,20+;/m1./s1. The Morgan fingerprint density at radius 1 is 1.39 bits per heavy atom. The smallest absolute Gasteiger partial charge is 0.115 e. The van der Waals surface area contributed by atoms with Gasteiger partial charge in [0.25, 0.3) is 0 Å². The van der Waals surface area contributed by atoms with Crippen molar-refractivity contribution in [2.24, 2.45) is 5.92 Å². The van der Waals surface area contributed by atoms with E-state index < -0.39 is 0 Å². The summed E-state index contributed by atoms with van der Waals surface area (Å²) in [6.45, 7) is 11.5. The average Bonchev–Trinajstić information content (AvgIpc) is 2.54. The van der Waals surface area contributed by atoms with Crippen molar-refractivity contribution in [2.45, 2.75) is 58.4 Å². The van der Waals surface area contributed by atoms with Crippen LogP contribution in [-0.2, 0) is 11.8 Å². The minimum Gasteiger partial charge on any atom is -0.508 e. The zero-order chi connectivity index (χ0) is 15.9. The Hall–Kier alpha value is -0.990. The van der Waals surface area contributed by atoms with Crippen LogP contribution in [0.1, 0.15) is 51.7 Å². The van der Waals surface area contributed by atoms with Crippen molar-refractivity contribution >= 4 is 12.4 Å². The van der Waals surface area contributed by atoms with Crippen LogP contribution in [0, 0.1) is 5.92 Å². The van der Waals surface area contributed by atoms with E-state index in [0.717, 1.165) is 13.0 Å². The maximum atomic E-state index is 9.94. The van der Waals surface area contributed by atoms with Gasteiger partial charge in [-0.3, -0.25) is 4.90 Å². The lowest BCUT2D eigenvalue weighted by Gasteiger charge is -2.47. The Kier molecular flexibility index (Phi) is 5.48. The lowest BCUT2D eigenvalue weighted by Crippen LogP contribution is -2.49. The number of hydrogen-bond donors (Lipinski definition) is 1. The van der Waals surface area contributed by atoms with Gasteiger partial charge in [-0.05, 0) is 74.2 Å². The Balaban J connectivity index is 0.00000192. The van der Waals surface area contributed by atoms with E-state index in [1.165, 1.54) is 36.1 Å². The van der Waals surface area contributed by atoms with Crippen LogP contribution in [0.4, 0.5) is 0 Å². The van der Waals surface area contributed by atoms with Gasteiger partial charge in [0.05, 0.1) is 0 Å². The summed E-state index contributed by atoms with van der Waals surface area (Å²) in [6.07, 6.45) is 5.93. The number of phenols is 1. The number of likely N-dealkylation sites (tertiary alicyclic amines) is 1. The molecular formula is C20H30ClNO. The quantitative estimate of drug-likeness (QED) is 0.792. The molecule has 0 radical (unpaired) electrons. The second kappa shape index (κ2) is 6.86. The number of benzene rings is 1. The van der Waals surface area contributed by atoms with Crippen molar-refractivity contribution in [1.82, 2.24) is 4.90 Å². The third-order valence-electron chi connectivity index (χ3n) is 6.06. The van der Waals surface area contributed by atoms with Gasteiger partial charge in [-0.15, -0.1) is 12.4 Å². The molecule has 3 rings (SSSR count). The number of nitrogens with zero attached hydrogens (tertiary/aromatic N) is 1. The summed E-state index contributed by atoms with van der Waals surface area (Å²) < 4.78 is 0. The number of hydrogen-bond acceptors (Lipinski definition) is 2. The van der Waals surface area contributed by atoms with Gasteiger partial charge in [0, 0.05) is 12.6 Å². The highest BCUT2D eigenvalue weighted by Crippen LogP contribution is 2.48. The van der Waals surface area contributed by atoms with Crippen molar-refractivity contribution in [3.63, 3.8) is 0 Å². The van der Waals surface area contributed by atoms with E-state index in [-0.39, 0.29) is 17.8 Å². The molecule has 128 valence electrons. The molecule has 0 saturated carbocycles. The molecule has 0 unspecified atom stereocenters. The van der Waals surface area contributed by atoms with Crippen LogP contribution < -0.4 is 0 Å². The molecule has 3 heteroatoms. The highest BCUT2D eigenvalue weighted by molar-refractivity contribution is 5.85. The van der Waals surface area contributed by atoms with Crippen LogP contribution >= 0.6 is 12.4 Å². The molecule has 1 aromatic carbocycles. The summed E-state index contributed by atoms with van der Waals surface area (Å²) in [5, 5.41) is 9.94. The first-order valence-corrected chi connectivity index (χ1v) is 8.61. The predicted molar refractivity (Wildman–Crippen MR) is 99.6 cm³/mol. The molecule has 0 amide bonds. The van der Waals surface area contributed by atoms with Gasteiger partial charge in [0.1, 0.15) is 5.75 Å². The number of halogens is 1. The Bertz CT molecular complexity index is 593.